The molecule has 0 saturated carbocycles. The first kappa shape index (κ1) is 15.6. The molecule has 0 unspecified atom stereocenters. The van der Waals surface area contributed by atoms with Crippen LogP contribution >= 0.6 is 0 Å². The second-order valence-corrected chi connectivity index (χ2v) is 4.66. The van der Waals surface area contributed by atoms with Crippen LogP contribution in [-0.4, -0.2) is 32.4 Å². The molecule has 10 heteroatoms. The maximum Gasteiger partial charge on any atom is 0.333 e. The Morgan fingerprint density at radius 3 is 2.67 bits per heavy atom. The van der Waals surface area contributed by atoms with Gasteiger partial charge >= 0.3 is 6.55 Å². The van der Waals surface area contributed by atoms with E-state index in [0.717, 1.165) is 6.20 Å². The highest BCUT2D eigenvalue weighted by atomic mass is 19.3. The summed E-state index contributed by atoms with van der Waals surface area (Å²) in [7, 11) is 0. The molecule has 0 atom stereocenters. The van der Waals surface area contributed by atoms with E-state index in [1.165, 1.54) is 6.07 Å². The number of carbonyl (C=O) groups is 1. The number of hydrogen-bond acceptors (Lipinski definition) is 6. The summed E-state index contributed by atoms with van der Waals surface area (Å²) in [6.45, 7) is -2.97. The van der Waals surface area contributed by atoms with Crippen molar-refractivity contribution < 1.29 is 22.8 Å². The van der Waals surface area contributed by atoms with Crippen LogP contribution in [0.1, 0.15) is 6.55 Å². The molecule has 24 heavy (non-hydrogen) atoms. The first-order valence-corrected chi connectivity index (χ1v) is 6.72. The lowest BCUT2D eigenvalue weighted by molar-refractivity contribution is -0.119. The van der Waals surface area contributed by atoms with E-state index in [2.05, 4.69) is 15.2 Å². The molecule has 0 aliphatic carbocycles. The van der Waals surface area contributed by atoms with Gasteiger partial charge in [0.1, 0.15) is 5.75 Å². The van der Waals surface area contributed by atoms with Crippen molar-refractivity contribution in [3.63, 3.8) is 0 Å². The van der Waals surface area contributed by atoms with Gasteiger partial charge in [-0.05, 0) is 30.3 Å². The Morgan fingerprint density at radius 1 is 1.29 bits per heavy atom. The molecule has 3 rings (SSSR count). The van der Waals surface area contributed by atoms with Crippen LogP contribution in [0.15, 0.2) is 41.1 Å². The van der Waals surface area contributed by atoms with E-state index in [1.807, 2.05) is 0 Å². The molecule has 0 fully saturated rings. The van der Waals surface area contributed by atoms with Crippen LogP contribution in [0.25, 0.3) is 23.0 Å². The number of amides is 1. The maximum atomic E-state index is 12.5. The minimum atomic E-state index is -2.74. The molecule has 0 bridgehead atoms. The van der Waals surface area contributed by atoms with Gasteiger partial charge in [0.05, 0.1) is 0 Å². The van der Waals surface area contributed by atoms with Gasteiger partial charge in [0.15, 0.2) is 12.3 Å². The fourth-order valence-corrected chi connectivity index (χ4v) is 1.86. The number of ether oxygens (including phenoxy) is 1. The number of aromatic nitrogens is 4. The van der Waals surface area contributed by atoms with Crippen molar-refractivity contribution in [3.05, 3.63) is 36.5 Å². The summed E-state index contributed by atoms with van der Waals surface area (Å²) in [4.78, 5) is 14.8. The zero-order valence-electron chi connectivity index (χ0n) is 12.1. The first-order chi connectivity index (χ1) is 11.5. The van der Waals surface area contributed by atoms with Crippen LogP contribution in [0.3, 0.4) is 0 Å². The Balaban J connectivity index is 1.76. The van der Waals surface area contributed by atoms with Crippen molar-refractivity contribution in [1.29, 1.82) is 0 Å². The second-order valence-electron chi connectivity index (χ2n) is 4.66. The summed E-state index contributed by atoms with van der Waals surface area (Å²) in [5.41, 5.74) is 5.75. The quantitative estimate of drug-likeness (QED) is 0.736. The molecule has 1 aromatic carbocycles. The summed E-state index contributed by atoms with van der Waals surface area (Å²) in [6.07, 6.45) is 1.12. The number of benzene rings is 1. The van der Waals surface area contributed by atoms with Crippen molar-refractivity contribution in [1.82, 2.24) is 19.9 Å². The van der Waals surface area contributed by atoms with E-state index < -0.39 is 12.5 Å². The molecule has 2 N–H and O–H groups in total. The van der Waals surface area contributed by atoms with Gasteiger partial charge < -0.3 is 15.0 Å². The van der Waals surface area contributed by atoms with E-state index in [-0.39, 0.29) is 24.0 Å². The minimum Gasteiger partial charge on any atom is -0.484 e. The first-order valence-electron chi connectivity index (χ1n) is 6.72. The summed E-state index contributed by atoms with van der Waals surface area (Å²) in [6, 6.07) is 7.88. The third-order valence-electron chi connectivity index (χ3n) is 2.95. The van der Waals surface area contributed by atoms with Crippen LogP contribution in [-0.2, 0) is 4.79 Å². The minimum absolute atomic E-state index is 0.0263. The van der Waals surface area contributed by atoms with Crippen LogP contribution in [0.5, 0.6) is 5.75 Å². The fourth-order valence-electron chi connectivity index (χ4n) is 1.86. The van der Waals surface area contributed by atoms with Gasteiger partial charge in [0.25, 0.3) is 11.8 Å². The maximum absolute atomic E-state index is 12.5. The predicted octanol–water partition coefficient (Wildman–Crippen LogP) is 1.86. The molecule has 0 spiro atoms. The normalized spacial score (nSPS) is 11.0. The highest BCUT2D eigenvalue weighted by Crippen LogP contribution is 2.23. The third-order valence-corrected chi connectivity index (χ3v) is 2.95. The predicted molar refractivity (Wildman–Crippen MR) is 76.9 cm³/mol. The zero-order chi connectivity index (χ0) is 17.1. The van der Waals surface area contributed by atoms with E-state index in [9.17, 15) is 13.6 Å². The molecule has 0 aliphatic rings. The molecule has 1 amide bonds. The Hall–Kier alpha value is -3.30. The van der Waals surface area contributed by atoms with Crippen molar-refractivity contribution in [2.75, 3.05) is 6.61 Å². The fraction of sp³-hybridized carbons (Fsp3) is 0.143. The number of hydrogen-bond donors (Lipinski definition) is 1. The van der Waals surface area contributed by atoms with E-state index in [4.69, 9.17) is 15.0 Å². The lowest BCUT2D eigenvalue weighted by Crippen LogP contribution is -2.19. The summed E-state index contributed by atoms with van der Waals surface area (Å²) in [5.74, 6) is 0.165. The molecule has 0 radical (unpaired) electrons. The van der Waals surface area contributed by atoms with Crippen LogP contribution in [0.4, 0.5) is 8.78 Å². The number of halogens is 2. The molecular formula is C14H11F2N5O3. The van der Waals surface area contributed by atoms with Gasteiger partial charge in [-0.15, -0.1) is 0 Å². The Labute approximate surface area is 133 Å². The van der Waals surface area contributed by atoms with Crippen LogP contribution in [0, 0.1) is 0 Å². The largest absolute Gasteiger partial charge is 0.484 e. The molecule has 2 aromatic heterocycles. The van der Waals surface area contributed by atoms with Crippen molar-refractivity contribution in [3.8, 4) is 28.7 Å². The standard InChI is InChI=1S/C14H11F2N5O3/c15-14(16)21-6-5-10(19-21)13-18-12(20-24-13)8-1-3-9(4-2-8)23-7-11(17)22/h1-6,14H,7H2,(H2,17,22). The molecular weight excluding hydrogens is 324 g/mol. The molecule has 2 heterocycles. The number of nitrogens with two attached hydrogens (primary N) is 1. The van der Waals surface area contributed by atoms with Crippen molar-refractivity contribution >= 4 is 5.91 Å². The summed E-state index contributed by atoms with van der Waals surface area (Å²) in [5, 5.41) is 7.43. The van der Waals surface area contributed by atoms with Gasteiger partial charge in [-0.25, -0.2) is 4.68 Å². The third kappa shape index (κ3) is 3.37. The topological polar surface area (TPSA) is 109 Å². The van der Waals surface area contributed by atoms with Crippen LogP contribution in [0.2, 0.25) is 0 Å². The number of alkyl halides is 2. The highest BCUT2D eigenvalue weighted by molar-refractivity contribution is 5.75. The average Bonchev–Trinajstić information content (AvgIpc) is 3.22. The van der Waals surface area contributed by atoms with E-state index in [1.54, 1.807) is 24.3 Å². The lowest BCUT2D eigenvalue weighted by Gasteiger charge is -2.03. The Bertz CT molecular complexity index is 844. The number of rotatable bonds is 6. The van der Waals surface area contributed by atoms with Crippen molar-refractivity contribution in [2.24, 2.45) is 5.73 Å². The van der Waals surface area contributed by atoms with E-state index >= 15 is 0 Å². The Kier molecular flexibility index (Phi) is 4.18. The smallest absolute Gasteiger partial charge is 0.333 e. The number of primary amides is 1. The van der Waals surface area contributed by atoms with Gasteiger partial charge in [-0.2, -0.15) is 18.9 Å². The van der Waals surface area contributed by atoms with Gasteiger partial charge in [-0.1, -0.05) is 5.16 Å². The molecule has 0 aliphatic heterocycles. The summed E-state index contributed by atoms with van der Waals surface area (Å²) >= 11 is 0. The van der Waals surface area contributed by atoms with Crippen LogP contribution < -0.4 is 10.5 Å². The van der Waals surface area contributed by atoms with Gasteiger partial charge in [0, 0.05) is 11.8 Å². The van der Waals surface area contributed by atoms with Crippen molar-refractivity contribution in [2.45, 2.75) is 6.55 Å². The van der Waals surface area contributed by atoms with Gasteiger partial charge in [0.2, 0.25) is 5.82 Å². The molecule has 8 nitrogen and oxygen atoms in total. The highest BCUT2D eigenvalue weighted by Gasteiger charge is 2.15. The summed E-state index contributed by atoms with van der Waals surface area (Å²) < 4.78 is 35.7. The molecule has 124 valence electrons. The monoisotopic (exact) mass is 335 g/mol. The zero-order valence-corrected chi connectivity index (χ0v) is 12.1. The molecule has 0 saturated heterocycles. The van der Waals surface area contributed by atoms with Gasteiger partial charge in [-0.3, -0.25) is 4.79 Å². The SMILES string of the molecule is NC(=O)COc1ccc(-c2noc(-c3ccn(C(F)F)n3)n2)cc1. The number of carbonyl (C=O) groups excluding carboxylic acids is 1. The number of nitrogens with zero attached hydrogens (tertiary/aromatic N) is 4. The Morgan fingerprint density at radius 2 is 2.04 bits per heavy atom. The average molecular weight is 335 g/mol. The second kappa shape index (κ2) is 6.44. The van der Waals surface area contributed by atoms with E-state index in [0.29, 0.717) is 16.0 Å². The lowest BCUT2D eigenvalue weighted by atomic mass is 10.2. The molecule has 3 aromatic rings.